The van der Waals surface area contributed by atoms with Crippen molar-refractivity contribution in [2.45, 2.75) is 0 Å². The van der Waals surface area contributed by atoms with Gasteiger partial charge in [0.1, 0.15) is 5.75 Å². The molecule has 1 nitrogen and oxygen atoms in total. The Morgan fingerprint density at radius 1 is 1.08 bits per heavy atom. The second-order valence-electron chi connectivity index (χ2n) is 2.80. The Balaban J connectivity index is 2.87. The first kappa shape index (κ1) is 8.57. The van der Waals surface area contributed by atoms with Crippen LogP contribution in [0.25, 0.3) is 10.8 Å². The van der Waals surface area contributed by atoms with Crippen LogP contribution in [0.2, 0.25) is 0 Å². The third kappa shape index (κ3) is 1.42. The van der Waals surface area contributed by atoms with Gasteiger partial charge in [0.2, 0.25) is 0 Å². The number of hydrogen-bond acceptors (Lipinski definition) is 1. The molecule has 0 unspecified atom stereocenters. The first-order valence-corrected chi connectivity index (χ1v) is 4.83. The molecule has 13 heavy (non-hydrogen) atoms. The average Bonchev–Trinajstić information content (AvgIpc) is 2.17. The highest BCUT2D eigenvalue weighted by molar-refractivity contribution is 9.10. The van der Waals surface area contributed by atoms with Crippen LogP contribution >= 0.6 is 15.9 Å². The lowest BCUT2D eigenvalue weighted by Crippen LogP contribution is -1.84. The summed E-state index contributed by atoms with van der Waals surface area (Å²) in [5, 5.41) is 2.32. The lowest BCUT2D eigenvalue weighted by atomic mass is 10.1. The molecule has 0 N–H and O–H groups in total. The Morgan fingerprint density at radius 3 is 2.46 bits per heavy atom. The zero-order chi connectivity index (χ0) is 9.26. The molecule has 0 aliphatic carbocycles. The van der Waals surface area contributed by atoms with Gasteiger partial charge in [-0.15, -0.1) is 0 Å². The van der Waals surface area contributed by atoms with Gasteiger partial charge in [-0.1, -0.05) is 40.2 Å². The Morgan fingerprint density at radius 2 is 1.77 bits per heavy atom. The number of rotatable bonds is 1. The highest BCUT2D eigenvalue weighted by Gasteiger charge is 2.03. The Bertz CT molecular complexity index is 432. The fourth-order valence-corrected chi connectivity index (χ4v) is 2.01. The van der Waals surface area contributed by atoms with Gasteiger partial charge >= 0.3 is 0 Å². The van der Waals surface area contributed by atoms with Crippen molar-refractivity contribution in [2.75, 3.05) is 7.11 Å². The van der Waals surface area contributed by atoms with Crippen molar-refractivity contribution in [1.82, 2.24) is 0 Å². The normalized spacial score (nSPS) is 10.3. The van der Waals surface area contributed by atoms with E-state index in [1.165, 1.54) is 5.39 Å². The molecular formula is C11H9BrO. The van der Waals surface area contributed by atoms with Crippen LogP contribution in [0.5, 0.6) is 5.75 Å². The van der Waals surface area contributed by atoms with Crippen LogP contribution < -0.4 is 4.74 Å². The molecule has 0 atom stereocenters. The van der Waals surface area contributed by atoms with E-state index in [-0.39, 0.29) is 0 Å². The van der Waals surface area contributed by atoms with Crippen LogP contribution in [-0.2, 0) is 0 Å². The van der Waals surface area contributed by atoms with Gasteiger partial charge < -0.3 is 4.74 Å². The monoisotopic (exact) mass is 236 g/mol. The smallest absolute Gasteiger partial charge is 0.127 e. The molecule has 2 aromatic carbocycles. The summed E-state index contributed by atoms with van der Waals surface area (Å²) in [4.78, 5) is 0. The van der Waals surface area contributed by atoms with Crippen molar-refractivity contribution in [1.29, 1.82) is 0 Å². The zero-order valence-corrected chi connectivity index (χ0v) is 8.84. The van der Waals surface area contributed by atoms with Crippen molar-refractivity contribution in [3.63, 3.8) is 0 Å². The van der Waals surface area contributed by atoms with Gasteiger partial charge in [-0.2, -0.15) is 0 Å². The molecule has 0 amide bonds. The minimum absolute atomic E-state index is 0.907. The van der Waals surface area contributed by atoms with E-state index in [0.29, 0.717) is 0 Å². The average molecular weight is 237 g/mol. The van der Waals surface area contributed by atoms with Crippen LogP contribution in [0.4, 0.5) is 0 Å². The molecule has 0 fully saturated rings. The Hall–Kier alpha value is -1.02. The molecule has 0 bridgehead atoms. The third-order valence-electron chi connectivity index (χ3n) is 2.04. The van der Waals surface area contributed by atoms with Crippen molar-refractivity contribution < 1.29 is 4.74 Å². The first-order valence-electron chi connectivity index (χ1n) is 4.04. The van der Waals surface area contributed by atoms with Crippen molar-refractivity contribution in [3.8, 4) is 5.75 Å². The summed E-state index contributed by atoms with van der Waals surface area (Å²) in [5.74, 6) is 0.907. The van der Waals surface area contributed by atoms with Crippen molar-refractivity contribution >= 4 is 26.7 Å². The number of fused-ring (bicyclic) bond motifs is 1. The van der Waals surface area contributed by atoms with Crippen LogP contribution in [0.1, 0.15) is 0 Å². The lowest BCUT2D eigenvalue weighted by molar-refractivity contribution is 0.419. The van der Waals surface area contributed by atoms with Crippen molar-refractivity contribution in [3.05, 3.63) is 40.9 Å². The summed E-state index contributed by atoms with van der Waals surface area (Å²) in [6, 6.07) is 12.1. The van der Waals surface area contributed by atoms with Gasteiger partial charge in [-0.05, 0) is 17.5 Å². The SMILES string of the molecule is COc1cccc2cccc(Br)c12. The summed E-state index contributed by atoms with van der Waals surface area (Å²) in [5.41, 5.74) is 0. The maximum atomic E-state index is 5.28. The number of halogens is 1. The molecule has 66 valence electrons. The molecule has 0 radical (unpaired) electrons. The maximum absolute atomic E-state index is 5.28. The summed E-state index contributed by atoms with van der Waals surface area (Å²) >= 11 is 3.51. The molecule has 0 aliphatic heterocycles. The number of methoxy groups -OCH3 is 1. The van der Waals surface area contributed by atoms with E-state index in [1.54, 1.807) is 7.11 Å². The van der Waals surface area contributed by atoms with E-state index >= 15 is 0 Å². The molecule has 0 aromatic heterocycles. The van der Waals surface area contributed by atoms with Crippen molar-refractivity contribution in [2.24, 2.45) is 0 Å². The summed E-state index contributed by atoms with van der Waals surface area (Å²) in [6.45, 7) is 0. The number of hydrogen-bond donors (Lipinski definition) is 0. The summed E-state index contributed by atoms with van der Waals surface area (Å²) in [7, 11) is 1.69. The number of ether oxygens (including phenoxy) is 1. The van der Waals surface area contributed by atoms with E-state index in [2.05, 4.69) is 28.1 Å². The van der Waals surface area contributed by atoms with Gasteiger partial charge in [0.15, 0.2) is 0 Å². The highest BCUT2D eigenvalue weighted by atomic mass is 79.9. The van der Waals surface area contributed by atoms with E-state index in [0.717, 1.165) is 15.6 Å². The summed E-state index contributed by atoms with van der Waals surface area (Å²) < 4.78 is 6.35. The second kappa shape index (κ2) is 3.38. The Labute approximate surface area is 85.5 Å². The third-order valence-corrected chi connectivity index (χ3v) is 2.70. The quantitative estimate of drug-likeness (QED) is 0.736. The first-order chi connectivity index (χ1) is 6.33. The molecule has 0 aliphatic rings. The van der Waals surface area contributed by atoms with Gasteiger partial charge in [-0.25, -0.2) is 0 Å². The van der Waals surface area contributed by atoms with E-state index in [4.69, 9.17) is 4.74 Å². The maximum Gasteiger partial charge on any atom is 0.127 e. The molecule has 0 spiro atoms. The van der Waals surface area contributed by atoms with Gasteiger partial charge in [0.05, 0.1) is 7.11 Å². The van der Waals surface area contributed by atoms with Crippen LogP contribution in [0.3, 0.4) is 0 Å². The largest absolute Gasteiger partial charge is 0.496 e. The standard InChI is InChI=1S/C11H9BrO/c1-13-10-7-3-5-8-4-2-6-9(12)11(8)10/h2-7H,1H3. The van der Waals surface area contributed by atoms with Gasteiger partial charge in [0, 0.05) is 9.86 Å². The topological polar surface area (TPSA) is 9.23 Å². The van der Waals surface area contributed by atoms with Crippen LogP contribution in [0.15, 0.2) is 40.9 Å². The fraction of sp³-hybridized carbons (Fsp3) is 0.0909. The molecule has 2 aromatic rings. The fourth-order valence-electron chi connectivity index (χ4n) is 1.43. The minimum atomic E-state index is 0.907. The minimum Gasteiger partial charge on any atom is -0.496 e. The van der Waals surface area contributed by atoms with Gasteiger partial charge in [-0.3, -0.25) is 0 Å². The molecule has 0 saturated heterocycles. The zero-order valence-electron chi connectivity index (χ0n) is 7.25. The molecular weight excluding hydrogens is 228 g/mol. The second-order valence-corrected chi connectivity index (χ2v) is 3.65. The molecule has 2 rings (SSSR count). The van der Waals surface area contributed by atoms with E-state index in [9.17, 15) is 0 Å². The lowest BCUT2D eigenvalue weighted by Gasteiger charge is -2.06. The predicted molar refractivity (Wildman–Crippen MR) is 58.2 cm³/mol. The summed E-state index contributed by atoms with van der Waals surface area (Å²) in [6.07, 6.45) is 0. The van der Waals surface area contributed by atoms with E-state index < -0.39 is 0 Å². The molecule has 0 heterocycles. The molecule has 2 heteroatoms. The number of benzene rings is 2. The molecule has 0 saturated carbocycles. The predicted octanol–water partition coefficient (Wildman–Crippen LogP) is 3.61. The Kier molecular flexibility index (Phi) is 2.23. The van der Waals surface area contributed by atoms with E-state index in [1.807, 2.05) is 24.3 Å². The van der Waals surface area contributed by atoms with Crippen LogP contribution in [0, 0.1) is 0 Å². The van der Waals surface area contributed by atoms with Crippen LogP contribution in [-0.4, -0.2) is 7.11 Å². The highest BCUT2D eigenvalue weighted by Crippen LogP contribution is 2.31. The van der Waals surface area contributed by atoms with Gasteiger partial charge in [0.25, 0.3) is 0 Å².